The summed E-state index contributed by atoms with van der Waals surface area (Å²) in [5, 5.41) is 22.9. The van der Waals surface area contributed by atoms with Gasteiger partial charge in [-0.1, -0.05) is 107 Å². The van der Waals surface area contributed by atoms with Gasteiger partial charge in [0, 0.05) is 11.1 Å². The topological polar surface area (TPSA) is 40.5 Å². The first-order valence-electron chi connectivity index (χ1n) is 13.5. The molecule has 0 aromatic heterocycles. The van der Waals surface area contributed by atoms with Gasteiger partial charge in [0.1, 0.15) is 11.5 Å². The zero-order valence-corrected chi connectivity index (χ0v) is 23.6. The average molecular weight is 467 g/mol. The molecule has 0 heterocycles. The maximum Gasteiger partial charge on any atom is 0.124 e. The van der Waals surface area contributed by atoms with Gasteiger partial charge in [-0.15, -0.1) is 0 Å². The van der Waals surface area contributed by atoms with Crippen molar-refractivity contribution in [2.45, 2.75) is 130 Å². The van der Waals surface area contributed by atoms with Crippen molar-refractivity contribution >= 4 is 0 Å². The summed E-state index contributed by atoms with van der Waals surface area (Å²) in [6.45, 7) is 22.1. The minimum Gasteiger partial charge on any atom is -0.507 e. The Labute approximate surface area is 209 Å². The highest BCUT2D eigenvalue weighted by Gasteiger charge is 2.30. The number of phenolic OH excluding ortho intramolecular Hbond substituents is 2. The Morgan fingerprint density at radius 2 is 0.941 bits per heavy atom. The van der Waals surface area contributed by atoms with Crippen LogP contribution in [-0.2, 0) is 10.8 Å². The van der Waals surface area contributed by atoms with Gasteiger partial charge < -0.3 is 10.2 Å². The molecule has 0 fully saturated rings. The van der Waals surface area contributed by atoms with Crippen LogP contribution in [-0.4, -0.2) is 10.2 Å². The molecule has 2 rings (SSSR count). The molecule has 0 spiro atoms. The van der Waals surface area contributed by atoms with Gasteiger partial charge in [-0.05, 0) is 69.9 Å². The summed E-state index contributed by atoms with van der Waals surface area (Å²) in [4.78, 5) is 0. The zero-order chi connectivity index (χ0) is 25.8. The van der Waals surface area contributed by atoms with Crippen molar-refractivity contribution in [3.63, 3.8) is 0 Å². The molecule has 0 aliphatic heterocycles. The second-order valence-electron chi connectivity index (χ2n) is 12.5. The van der Waals surface area contributed by atoms with Gasteiger partial charge in [-0.3, -0.25) is 0 Å². The number of phenols is 2. The van der Waals surface area contributed by atoms with E-state index in [0.717, 1.165) is 35.1 Å². The highest BCUT2D eigenvalue weighted by Crippen LogP contribution is 2.49. The molecule has 2 nitrogen and oxygen atoms in total. The summed E-state index contributed by atoms with van der Waals surface area (Å²) in [6, 6.07) is 8.43. The largest absolute Gasteiger partial charge is 0.507 e. The first-order valence-corrected chi connectivity index (χ1v) is 13.5. The van der Waals surface area contributed by atoms with Crippen LogP contribution in [0.2, 0.25) is 0 Å². The number of aromatic hydroxyl groups is 2. The lowest BCUT2D eigenvalue weighted by molar-refractivity contribution is 0.460. The second kappa shape index (κ2) is 11.2. The fourth-order valence-electron chi connectivity index (χ4n) is 4.93. The third kappa shape index (κ3) is 6.58. The van der Waals surface area contributed by atoms with Gasteiger partial charge in [-0.25, -0.2) is 0 Å². The smallest absolute Gasteiger partial charge is 0.124 e. The quantitative estimate of drug-likeness (QED) is 0.386. The van der Waals surface area contributed by atoms with E-state index in [4.69, 9.17) is 0 Å². The molecule has 2 atom stereocenters. The van der Waals surface area contributed by atoms with Crippen LogP contribution in [0.5, 0.6) is 11.5 Å². The molecule has 0 amide bonds. The molecule has 0 aliphatic rings. The van der Waals surface area contributed by atoms with Crippen LogP contribution < -0.4 is 0 Å². The minimum absolute atomic E-state index is 0.179. The summed E-state index contributed by atoms with van der Waals surface area (Å²) in [5.74, 6) is 1.33. The molecule has 0 radical (unpaired) electrons. The van der Waals surface area contributed by atoms with Crippen LogP contribution in [0.25, 0.3) is 11.1 Å². The maximum absolute atomic E-state index is 11.5. The molecule has 2 aromatic rings. The van der Waals surface area contributed by atoms with Crippen LogP contribution in [0.4, 0.5) is 0 Å². The number of rotatable bonds is 9. The Hall–Kier alpha value is -1.96. The van der Waals surface area contributed by atoms with Gasteiger partial charge in [0.2, 0.25) is 0 Å². The SMILES string of the molecule is CCCCC(C)c1cc(O)c(-c2c(O)cc(C(C)CCCC)cc2C(C)(C)C)c(C(C)(C)C)c1. The van der Waals surface area contributed by atoms with E-state index in [9.17, 15) is 10.2 Å². The predicted octanol–water partition coefficient (Wildman–Crippen LogP) is 9.95. The van der Waals surface area contributed by atoms with E-state index in [1.807, 2.05) is 12.1 Å². The highest BCUT2D eigenvalue weighted by atomic mass is 16.3. The van der Waals surface area contributed by atoms with Gasteiger partial charge >= 0.3 is 0 Å². The van der Waals surface area contributed by atoms with E-state index >= 15 is 0 Å². The van der Waals surface area contributed by atoms with Crippen molar-refractivity contribution in [2.24, 2.45) is 0 Å². The van der Waals surface area contributed by atoms with Crippen LogP contribution in [0.15, 0.2) is 24.3 Å². The van der Waals surface area contributed by atoms with Crippen LogP contribution in [0.3, 0.4) is 0 Å². The van der Waals surface area contributed by atoms with Crippen LogP contribution in [0, 0.1) is 0 Å². The molecule has 0 bridgehead atoms. The molecule has 2 unspecified atom stereocenters. The van der Waals surface area contributed by atoms with Gasteiger partial charge in [0.05, 0.1) is 0 Å². The summed E-state index contributed by atoms with van der Waals surface area (Å²) in [6.07, 6.45) is 6.94. The van der Waals surface area contributed by atoms with Gasteiger partial charge in [0.25, 0.3) is 0 Å². The molecule has 0 aliphatic carbocycles. The standard InChI is InChI=1S/C32H50O2/c1-11-13-15-21(3)23-17-25(31(5,6)7)29(27(33)19-23)30-26(32(8,9)10)18-24(20-28(30)34)22(4)16-14-12-2/h17-22,33-34H,11-16H2,1-10H3. The fourth-order valence-corrected chi connectivity index (χ4v) is 4.93. The summed E-state index contributed by atoms with van der Waals surface area (Å²) >= 11 is 0. The Kier molecular flexibility index (Phi) is 9.30. The fraction of sp³-hybridized carbons (Fsp3) is 0.625. The molecule has 34 heavy (non-hydrogen) atoms. The molecule has 0 saturated heterocycles. The lowest BCUT2D eigenvalue weighted by Gasteiger charge is -2.31. The van der Waals surface area contributed by atoms with E-state index in [2.05, 4.69) is 81.4 Å². The van der Waals surface area contributed by atoms with Crippen LogP contribution >= 0.6 is 0 Å². The lowest BCUT2D eigenvalue weighted by Crippen LogP contribution is -2.18. The number of unbranched alkanes of at least 4 members (excludes halogenated alkanes) is 2. The van der Waals surface area contributed by atoms with Crippen molar-refractivity contribution in [1.82, 2.24) is 0 Å². The summed E-state index contributed by atoms with van der Waals surface area (Å²) < 4.78 is 0. The molecule has 2 N–H and O–H groups in total. The first kappa shape index (κ1) is 28.3. The lowest BCUT2D eigenvalue weighted by atomic mass is 9.74. The molecule has 2 heteroatoms. The Balaban J connectivity index is 2.81. The molecular weight excluding hydrogens is 416 g/mol. The number of benzene rings is 2. The number of hydrogen-bond acceptors (Lipinski definition) is 2. The average Bonchev–Trinajstić information content (AvgIpc) is 2.73. The van der Waals surface area contributed by atoms with Crippen LogP contribution in [0.1, 0.15) is 142 Å². The third-order valence-electron chi connectivity index (χ3n) is 7.27. The highest BCUT2D eigenvalue weighted by molar-refractivity contribution is 5.83. The van der Waals surface area contributed by atoms with Gasteiger partial charge in [0.15, 0.2) is 0 Å². The van der Waals surface area contributed by atoms with E-state index in [-0.39, 0.29) is 22.3 Å². The van der Waals surface area contributed by atoms with Crippen molar-refractivity contribution in [2.75, 3.05) is 0 Å². The van der Waals surface area contributed by atoms with Crippen molar-refractivity contribution in [3.8, 4) is 22.6 Å². The van der Waals surface area contributed by atoms with Crippen molar-refractivity contribution < 1.29 is 10.2 Å². The molecular formula is C32H50O2. The van der Waals surface area contributed by atoms with E-state index in [1.54, 1.807) is 0 Å². The van der Waals surface area contributed by atoms with E-state index in [0.29, 0.717) is 11.8 Å². The first-order chi connectivity index (χ1) is 15.7. The zero-order valence-electron chi connectivity index (χ0n) is 23.6. The van der Waals surface area contributed by atoms with Gasteiger partial charge in [-0.2, -0.15) is 0 Å². The minimum atomic E-state index is -0.179. The maximum atomic E-state index is 11.5. The second-order valence-corrected chi connectivity index (χ2v) is 12.5. The summed E-state index contributed by atoms with van der Waals surface area (Å²) in [7, 11) is 0. The van der Waals surface area contributed by atoms with Crippen molar-refractivity contribution in [1.29, 1.82) is 0 Å². The third-order valence-corrected chi connectivity index (χ3v) is 7.27. The van der Waals surface area contributed by atoms with E-state index < -0.39 is 0 Å². The normalized spacial score (nSPS) is 14.3. The molecule has 190 valence electrons. The Morgan fingerprint density at radius 3 is 1.21 bits per heavy atom. The summed E-state index contributed by atoms with van der Waals surface area (Å²) in [5.41, 5.74) is 5.77. The molecule has 2 aromatic carbocycles. The Morgan fingerprint density at radius 1 is 0.618 bits per heavy atom. The monoisotopic (exact) mass is 466 g/mol. The number of hydrogen-bond donors (Lipinski definition) is 2. The predicted molar refractivity (Wildman–Crippen MR) is 148 cm³/mol. The van der Waals surface area contributed by atoms with Crippen molar-refractivity contribution in [3.05, 3.63) is 46.5 Å². The van der Waals surface area contributed by atoms with E-state index in [1.165, 1.54) is 36.8 Å². The Bertz CT molecular complexity index is 877. The molecule has 0 saturated carbocycles.